The van der Waals surface area contributed by atoms with Crippen molar-refractivity contribution in [2.45, 2.75) is 19.1 Å². The molecule has 0 spiro atoms. The zero-order valence-corrected chi connectivity index (χ0v) is 8.33. The molecule has 16 heavy (non-hydrogen) atoms. The predicted octanol–water partition coefficient (Wildman–Crippen LogP) is 0.721. The van der Waals surface area contributed by atoms with Crippen molar-refractivity contribution in [2.24, 2.45) is 5.92 Å². The van der Waals surface area contributed by atoms with Crippen LogP contribution in [0.5, 0.6) is 0 Å². The van der Waals surface area contributed by atoms with E-state index in [9.17, 15) is 13.2 Å². The van der Waals surface area contributed by atoms with E-state index in [4.69, 9.17) is 5.11 Å². The van der Waals surface area contributed by atoms with Gasteiger partial charge < -0.3 is 10.4 Å². The van der Waals surface area contributed by atoms with E-state index in [1.54, 1.807) is 0 Å². The standard InChI is InChI=1S/C8H11F3N4O/c9-8(10,11)6-13-7-12-3-5(1-2-16)4-15(7)14-6/h5,16H,1-4H2,(H,12,13,14). The maximum Gasteiger partial charge on any atom is 0.453 e. The van der Waals surface area contributed by atoms with Gasteiger partial charge in [0.2, 0.25) is 5.95 Å². The van der Waals surface area contributed by atoms with E-state index in [2.05, 4.69) is 15.4 Å². The maximum atomic E-state index is 12.3. The number of aliphatic hydroxyl groups excluding tert-OH is 1. The first kappa shape index (κ1) is 11.2. The Morgan fingerprint density at radius 3 is 2.88 bits per heavy atom. The van der Waals surface area contributed by atoms with E-state index in [1.807, 2.05) is 0 Å². The molecule has 1 aromatic rings. The Balaban J connectivity index is 2.17. The summed E-state index contributed by atoms with van der Waals surface area (Å²) in [7, 11) is 0. The van der Waals surface area contributed by atoms with Crippen molar-refractivity contribution in [3.05, 3.63) is 5.82 Å². The lowest BCUT2D eigenvalue weighted by atomic mass is 10.1. The zero-order chi connectivity index (χ0) is 11.8. The van der Waals surface area contributed by atoms with Crippen LogP contribution in [0.2, 0.25) is 0 Å². The molecule has 0 saturated heterocycles. The van der Waals surface area contributed by atoms with Crippen LogP contribution >= 0.6 is 0 Å². The Labute approximate surface area is 89.3 Å². The molecule has 0 saturated carbocycles. The van der Waals surface area contributed by atoms with E-state index in [0.29, 0.717) is 19.5 Å². The van der Waals surface area contributed by atoms with Crippen molar-refractivity contribution in [1.29, 1.82) is 0 Å². The van der Waals surface area contributed by atoms with E-state index in [-0.39, 0.29) is 18.5 Å². The fourth-order valence-corrected chi connectivity index (χ4v) is 1.64. The lowest BCUT2D eigenvalue weighted by molar-refractivity contribution is -0.145. The van der Waals surface area contributed by atoms with Gasteiger partial charge >= 0.3 is 6.18 Å². The summed E-state index contributed by atoms with van der Waals surface area (Å²) in [6.07, 6.45) is -3.98. The molecular formula is C8H11F3N4O. The summed E-state index contributed by atoms with van der Waals surface area (Å²) in [4.78, 5) is 3.37. The van der Waals surface area contributed by atoms with Gasteiger partial charge in [0, 0.05) is 19.7 Å². The molecule has 0 radical (unpaired) electrons. The highest BCUT2D eigenvalue weighted by atomic mass is 19.4. The zero-order valence-electron chi connectivity index (χ0n) is 8.33. The van der Waals surface area contributed by atoms with Crippen molar-refractivity contribution < 1.29 is 18.3 Å². The smallest absolute Gasteiger partial charge is 0.396 e. The van der Waals surface area contributed by atoms with Gasteiger partial charge in [0.1, 0.15) is 0 Å². The molecule has 1 aromatic heterocycles. The van der Waals surface area contributed by atoms with Crippen molar-refractivity contribution >= 4 is 5.95 Å². The summed E-state index contributed by atoms with van der Waals surface area (Å²) in [5.41, 5.74) is 0. The average molecular weight is 236 g/mol. The number of aromatic nitrogens is 3. The topological polar surface area (TPSA) is 63.0 Å². The Morgan fingerprint density at radius 2 is 2.25 bits per heavy atom. The Kier molecular flexibility index (Phi) is 2.75. The molecule has 8 heteroatoms. The van der Waals surface area contributed by atoms with Crippen LogP contribution in [0.3, 0.4) is 0 Å². The number of rotatable bonds is 2. The number of aliphatic hydroxyl groups is 1. The number of hydrogen-bond donors (Lipinski definition) is 2. The van der Waals surface area contributed by atoms with Gasteiger partial charge in [-0.3, -0.25) is 0 Å². The van der Waals surface area contributed by atoms with Crippen LogP contribution in [0.15, 0.2) is 0 Å². The summed E-state index contributed by atoms with van der Waals surface area (Å²) in [6, 6.07) is 0. The summed E-state index contributed by atoms with van der Waals surface area (Å²) in [5.74, 6) is -0.901. The fourth-order valence-electron chi connectivity index (χ4n) is 1.64. The second-order valence-corrected chi connectivity index (χ2v) is 3.70. The highest BCUT2D eigenvalue weighted by molar-refractivity contribution is 5.27. The minimum Gasteiger partial charge on any atom is -0.396 e. The van der Waals surface area contributed by atoms with Gasteiger partial charge in [0.05, 0.1) is 0 Å². The minimum absolute atomic E-state index is 0.0164. The molecule has 1 atom stereocenters. The first-order valence-corrected chi connectivity index (χ1v) is 4.87. The first-order chi connectivity index (χ1) is 7.50. The van der Waals surface area contributed by atoms with Crippen LogP contribution < -0.4 is 5.32 Å². The molecule has 0 bridgehead atoms. The predicted molar refractivity (Wildman–Crippen MR) is 48.7 cm³/mol. The van der Waals surface area contributed by atoms with Crippen LogP contribution in [0.4, 0.5) is 19.1 Å². The van der Waals surface area contributed by atoms with Crippen molar-refractivity contribution in [1.82, 2.24) is 14.8 Å². The lowest BCUT2D eigenvalue weighted by Crippen LogP contribution is -2.28. The third-order valence-corrected chi connectivity index (χ3v) is 2.44. The largest absolute Gasteiger partial charge is 0.453 e. The second-order valence-electron chi connectivity index (χ2n) is 3.70. The normalized spacial score (nSPS) is 20.4. The van der Waals surface area contributed by atoms with Crippen LogP contribution in [0.1, 0.15) is 12.2 Å². The van der Waals surface area contributed by atoms with Crippen LogP contribution in [0.25, 0.3) is 0 Å². The van der Waals surface area contributed by atoms with Gasteiger partial charge in [-0.05, 0) is 12.3 Å². The fraction of sp³-hybridized carbons (Fsp3) is 0.750. The van der Waals surface area contributed by atoms with Gasteiger partial charge in [-0.1, -0.05) is 0 Å². The molecule has 0 aliphatic carbocycles. The number of nitrogens with one attached hydrogen (secondary N) is 1. The SMILES string of the molecule is OCCC1CNc2nc(C(F)(F)F)nn2C1. The van der Waals surface area contributed by atoms with E-state index >= 15 is 0 Å². The van der Waals surface area contributed by atoms with Crippen molar-refractivity contribution in [2.75, 3.05) is 18.5 Å². The summed E-state index contributed by atoms with van der Waals surface area (Å²) in [5, 5.41) is 14.9. The molecule has 0 aromatic carbocycles. The molecule has 1 aliphatic rings. The number of alkyl halides is 3. The van der Waals surface area contributed by atoms with Gasteiger partial charge in [0.25, 0.3) is 5.82 Å². The van der Waals surface area contributed by atoms with Gasteiger partial charge in [0.15, 0.2) is 0 Å². The monoisotopic (exact) mass is 236 g/mol. The van der Waals surface area contributed by atoms with E-state index in [1.165, 1.54) is 4.68 Å². The maximum absolute atomic E-state index is 12.3. The third-order valence-electron chi connectivity index (χ3n) is 2.44. The molecule has 2 rings (SSSR count). The lowest BCUT2D eigenvalue weighted by Gasteiger charge is -2.22. The molecule has 1 unspecified atom stereocenters. The Hall–Kier alpha value is -1.31. The molecule has 5 nitrogen and oxygen atoms in total. The van der Waals surface area contributed by atoms with Gasteiger partial charge in [-0.15, -0.1) is 5.10 Å². The van der Waals surface area contributed by atoms with Crippen LogP contribution in [-0.4, -0.2) is 33.0 Å². The number of anilines is 1. The highest BCUT2D eigenvalue weighted by Crippen LogP contribution is 2.28. The molecule has 2 N–H and O–H groups in total. The van der Waals surface area contributed by atoms with Crippen molar-refractivity contribution in [3.63, 3.8) is 0 Å². The highest BCUT2D eigenvalue weighted by Gasteiger charge is 2.38. The number of hydrogen-bond acceptors (Lipinski definition) is 4. The molecule has 0 amide bonds. The summed E-state index contributed by atoms with van der Waals surface area (Å²) >= 11 is 0. The quantitative estimate of drug-likeness (QED) is 0.794. The van der Waals surface area contributed by atoms with E-state index in [0.717, 1.165) is 0 Å². The molecule has 1 aliphatic heterocycles. The molecule has 2 heterocycles. The Morgan fingerprint density at radius 1 is 1.50 bits per heavy atom. The summed E-state index contributed by atoms with van der Waals surface area (Å²) in [6.45, 7) is 0.880. The molecule has 0 fully saturated rings. The minimum atomic E-state index is -4.52. The average Bonchev–Trinajstić information content (AvgIpc) is 2.60. The molecule has 90 valence electrons. The van der Waals surface area contributed by atoms with Crippen LogP contribution in [0, 0.1) is 5.92 Å². The third kappa shape index (κ3) is 2.11. The van der Waals surface area contributed by atoms with Gasteiger partial charge in [-0.25, -0.2) is 4.68 Å². The molecular weight excluding hydrogens is 225 g/mol. The Bertz CT molecular complexity index is 376. The second kappa shape index (κ2) is 3.93. The van der Waals surface area contributed by atoms with E-state index < -0.39 is 12.0 Å². The summed E-state index contributed by atoms with van der Waals surface area (Å²) < 4.78 is 38.1. The first-order valence-electron chi connectivity index (χ1n) is 4.87. The number of nitrogens with zero attached hydrogens (tertiary/aromatic N) is 3. The number of fused-ring (bicyclic) bond motifs is 1. The van der Waals surface area contributed by atoms with Crippen molar-refractivity contribution in [3.8, 4) is 0 Å². The number of halogens is 3. The van der Waals surface area contributed by atoms with Crippen LogP contribution in [-0.2, 0) is 12.7 Å². The van der Waals surface area contributed by atoms with Gasteiger partial charge in [-0.2, -0.15) is 18.2 Å².